The number of ether oxygens (including phenoxy) is 3. The molecule has 1 atom stereocenters. The maximum atomic E-state index is 12.6. The number of rotatable bonds is 42. The fraction of sp³-hybridized carbons (Fsp3) is 0.936. The second-order valence-electron chi connectivity index (χ2n) is 16.5. The van der Waals surface area contributed by atoms with Crippen molar-refractivity contribution in [2.75, 3.05) is 13.2 Å². The highest BCUT2D eigenvalue weighted by Crippen LogP contribution is 2.16. The van der Waals surface area contributed by atoms with Crippen LogP contribution in [0, 0.1) is 5.92 Å². The van der Waals surface area contributed by atoms with E-state index in [1.807, 2.05) is 0 Å². The molecule has 0 aromatic carbocycles. The Bertz CT molecular complexity index is 796. The van der Waals surface area contributed by atoms with Crippen LogP contribution in [0.2, 0.25) is 0 Å². The first kappa shape index (κ1) is 51.4. The van der Waals surface area contributed by atoms with E-state index in [1.165, 1.54) is 154 Å². The Hall–Kier alpha value is -1.59. The zero-order valence-electron chi connectivity index (χ0n) is 36.0. The lowest BCUT2D eigenvalue weighted by Gasteiger charge is -2.18. The van der Waals surface area contributed by atoms with E-state index in [1.54, 1.807) is 0 Å². The van der Waals surface area contributed by atoms with Gasteiger partial charge >= 0.3 is 17.9 Å². The monoisotopic (exact) mass is 751 g/mol. The van der Waals surface area contributed by atoms with E-state index in [2.05, 4.69) is 27.7 Å². The minimum atomic E-state index is -0.758. The summed E-state index contributed by atoms with van der Waals surface area (Å²) in [6, 6.07) is 0. The normalized spacial score (nSPS) is 11.9. The molecule has 6 heteroatoms. The number of hydrogen-bond donors (Lipinski definition) is 0. The van der Waals surface area contributed by atoms with Crippen molar-refractivity contribution in [3.05, 3.63) is 0 Å². The second kappa shape index (κ2) is 41.6. The van der Waals surface area contributed by atoms with E-state index in [0.29, 0.717) is 19.3 Å². The molecule has 0 saturated heterocycles. The molecule has 0 unspecified atom stereocenters. The summed E-state index contributed by atoms with van der Waals surface area (Å²) >= 11 is 0. The Morgan fingerprint density at radius 2 is 0.623 bits per heavy atom. The molecular formula is C47H90O6. The molecule has 314 valence electrons. The number of carbonyl (C=O) groups is 3. The van der Waals surface area contributed by atoms with Crippen LogP contribution in [0.15, 0.2) is 0 Å². The third kappa shape index (κ3) is 41.4. The molecule has 0 amide bonds. The standard InChI is InChI=1S/C47H90O6/c1-5-7-9-11-13-14-15-16-17-18-19-20-21-22-23-27-30-34-38-45(48)51-41-44(53-47(50)40-36-32-25-12-10-8-6-2)42-52-46(49)39-35-31-28-24-26-29-33-37-43(3)4/h43-44H,5-42H2,1-4H3/t44-/m1/s1. The lowest BCUT2D eigenvalue weighted by atomic mass is 10.0. The van der Waals surface area contributed by atoms with Crippen molar-refractivity contribution < 1.29 is 28.6 Å². The number of esters is 3. The SMILES string of the molecule is CCCCCCCCCCCCCCCCCCCCC(=O)OC[C@H](COC(=O)CCCCCCCCCC(C)C)OC(=O)CCCCCCCCC. The van der Waals surface area contributed by atoms with E-state index < -0.39 is 6.10 Å². The summed E-state index contributed by atoms with van der Waals surface area (Å²) in [6.07, 6.45) is 41.1. The van der Waals surface area contributed by atoms with Gasteiger partial charge in [-0.05, 0) is 25.2 Å². The van der Waals surface area contributed by atoms with Gasteiger partial charge in [0.05, 0.1) is 0 Å². The maximum Gasteiger partial charge on any atom is 0.306 e. The summed E-state index contributed by atoms with van der Waals surface area (Å²) in [5.74, 6) is -0.0810. The van der Waals surface area contributed by atoms with E-state index >= 15 is 0 Å². The number of carbonyl (C=O) groups excluding carboxylic acids is 3. The highest BCUT2D eigenvalue weighted by atomic mass is 16.6. The van der Waals surface area contributed by atoms with E-state index in [0.717, 1.165) is 63.7 Å². The topological polar surface area (TPSA) is 78.9 Å². The fourth-order valence-electron chi connectivity index (χ4n) is 6.98. The van der Waals surface area contributed by atoms with Crippen LogP contribution in [0.1, 0.15) is 259 Å². The largest absolute Gasteiger partial charge is 0.462 e. The van der Waals surface area contributed by atoms with Gasteiger partial charge in [-0.25, -0.2) is 0 Å². The summed E-state index contributed by atoms with van der Waals surface area (Å²) in [7, 11) is 0. The van der Waals surface area contributed by atoms with Gasteiger partial charge in [-0.3, -0.25) is 14.4 Å². The van der Waals surface area contributed by atoms with Crippen LogP contribution < -0.4 is 0 Å². The van der Waals surface area contributed by atoms with Crippen molar-refractivity contribution in [1.82, 2.24) is 0 Å². The van der Waals surface area contributed by atoms with E-state index in [4.69, 9.17) is 14.2 Å². The Kier molecular flexibility index (Phi) is 40.3. The molecule has 0 aliphatic carbocycles. The van der Waals surface area contributed by atoms with Gasteiger partial charge in [0.1, 0.15) is 13.2 Å². The Morgan fingerprint density at radius 3 is 0.925 bits per heavy atom. The van der Waals surface area contributed by atoms with Crippen molar-refractivity contribution in [3.63, 3.8) is 0 Å². The molecule has 0 bridgehead atoms. The van der Waals surface area contributed by atoms with Crippen LogP contribution in [0.5, 0.6) is 0 Å². The lowest BCUT2D eigenvalue weighted by Crippen LogP contribution is -2.30. The van der Waals surface area contributed by atoms with Gasteiger partial charge in [-0.15, -0.1) is 0 Å². The van der Waals surface area contributed by atoms with Crippen molar-refractivity contribution in [2.45, 2.75) is 265 Å². The van der Waals surface area contributed by atoms with Gasteiger partial charge in [0.25, 0.3) is 0 Å². The minimum Gasteiger partial charge on any atom is -0.462 e. The molecule has 0 spiro atoms. The van der Waals surface area contributed by atoms with Gasteiger partial charge < -0.3 is 14.2 Å². The van der Waals surface area contributed by atoms with Crippen LogP contribution in [0.25, 0.3) is 0 Å². The van der Waals surface area contributed by atoms with Crippen LogP contribution in [-0.2, 0) is 28.6 Å². The summed E-state index contributed by atoms with van der Waals surface area (Å²) < 4.78 is 16.7. The van der Waals surface area contributed by atoms with Gasteiger partial charge in [-0.2, -0.15) is 0 Å². The lowest BCUT2D eigenvalue weighted by molar-refractivity contribution is -0.167. The zero-order valence-corrected chi connectivity index (χ0v) is 36.0. The Morgan fingerprint density at radius 1 is 0.358 bits per heavy atom. The first-order valence-corrected chi connectivity index (χ1v) is 23.4. The first-order chi connectivity index (χ1) is 25.9. The van der Waals surface area contributed by atoms with Crippen LogP contribution in [0.4, 0.5) is 0 Å². The summed E-state index contributed by atoms with van der Waals surface area (Å²) in [4.78, 5) is 37.6. The number of hydrogen-bond acceptors (Lipinski definition) is 6. The quantitative estimate of drug-likeness (QED) is 0.0351. The summed E-state index contributed by atoms with van der Waals surface area (Å²) in [5, 5.41) is 0. The van der Waals surface area contributed by atoms with Crippen molar-refractivity contribution in [1.29, 1.82) is 0 Å². The van der Waals surface area contributed by atoms with Crippen LogP contribution >= 0.6 is 0 Å². The molecule has 0 radical (unpaired) electrons. The molecule has 6 nitrogen and oxygen atoms in total. The van der Waals surface area contributed by atoms with Gasteiger partial charge in [0, 0.05) is 19.3 Å². The fourth-order valence-corrected chi connectivity index (χ4v) is 6.98. The second-order valence-corrected chi connectivity index (χ2v) is 16.5. The molecule has 0 aromatic heterocycles. The molecule has 0 saturated carbocycles. The van der Waals surface area contributed by atoms with E-state index in [-0.39, 0.29) is 31.1 Å². The molecule has 0 aliphatic rings. The van der Waals surface area contributed by atoms with Crippen molar-refractivity contribution in [2.24, 2.45) is 5.92 Å². The van der Waals surface area contributed by atoms with Gasteiger partial charge in [0.2, 0.25) is 0 Å². The number of unbranched alkanes of at least 4 members (excludes halogenated alkanes) is 29. The van der Waals surface area contributed by atoms with E-state index in [9.17, 15) is 14.4 Å². The maximum absolute atomic E-state index is 12.6. The predicted molar refractivity (Wildman–Crippen MR) is 224 cm³/mol. The molecule has 0 heterocycles. The van der Waals surface area contributed by atoms with Crippen molar-refractivity contribution in [3.8, 4) is 0 Å². The smallest absolute Gasteiger partial charge is 0.306 e. The minimum absolute atomic E-state index is 0.0648. The Balaban J connectivity index is 4.15. The zero-order chi connectivity index (χ0) is 38.9. The molecular weight excluding hydrogens is 661 g/mol. The van der Waals surface area contributed by atoms with Gasteiger partial charge in [-0.1, -0.05) is 220 Å². The Labute approximate surface area is 329 Å². The average Bonchev–Trinajstić information content (AvgIpc) is 3.14. The average molecular weight is 751 g/mol. The molecule has 0 N–H and O–H groups in total. The predicted octanol–water partition coefficient (Wildman–Crippen LogP) is 14.7. The molecule has 53 heavy (non-hydrogen) atoms. The molecule has 0 aromatic rings. The highest BCUT2D eigenvalue weighted by molar-refractivity contribution is 5.71. The molecule has 0 rings (SSSR count). The van der Waals surface area contributed by atoms with Crippen molar-refractivity contribution >= 4 is 17.9 Å². The molecule has 0 fully saturated rings. The summed E-state index contributed by atoms with van der Waals surface area (Å²) in [6.45, 7) is 8.91. The third-order valence-corrected chi connectivity index (χ3v) is 10.5. The molecule has 0 aliphatic heterocycles. The third-order valence-electron chi connectivity index (χ3n) is 10.5. The van der Waals surface area contributed by atoms with Crippen LogP contribution in [0.3, 0.4) is 0 Å². The first-order valence-electron chi connectivity index (χ1n) is 23.4. The van der Waals surface area contributed by atoms with Crippen LogP contribution in [-0.4, -0.2) is 37.2 Å². The van der Waals surface area contributed by atoms with Gasteiger partial charge in [0.15, 0.2) is 6.10 Å². The summed E-state index contributed by atoms with van der Waals surface area (Å²) in [5.41, 5.74) is 0. The highest BCUT2D eigenvalue weighted by Gasteiger charge is 2.19.